The van der Waals surface area contributed by atoms with Crippen molar-refractivity contribution in [2.75, 3.05) is 39.3 Å². The average Bonchev–Trinajstić information content (AvgIpc) is 2.39. The van der Waals surface area contributed by atoms with Gasteiger partial charge in [0.25, 0.3) is 0 Å². The normalized spacial score (nSPS) is 17.6. The predicted octanol–water partition coefficient (Wildman–Crippen LogP) is 1.00. The van der Waals surface area contributed by atoms with Gasteiger partial charge in [0.05, 0.1) is 6.54 Å². The molecule has 0 aromatic carbocycles. The summed E-state index contributed by atoms with van der Waals surface area (Å²) in [4.78, 5) is 13.8. The molecule has 4 nitrogen and oxygen atoms in total. The molecule has 0 unspecified atom stereocenters. The Balaban J connectivity index is 2.11. The number of nitrogens with one attached hydrogen (secondary N) is 2. The Morgan fingerprint density at radius 2 is 2.17 bits per heavy atom. The SMILES string of the molecule is C=CCNC(=O)CN1CCC(CNCCC)CC1. The molecule has 0 saturated carbocycles. The van der Waals surface area contributed by atoms with Crippen LogP contribution in [0.25, 0.3) is 0 Å². The summed E-state index contributed by atoms with van der Waals surface area (Å²) in [5.74, 6) is 0.890. The number of carbonyl (C=O) groups excluding carboxylic acids is 1. The zero-order chi connectivity index (χ0) is 13.2. The van der Waals surface area contributed by atoms with Gasteiger partial charge in [-0.05, 0) is 51.4 Å². The quantitative estimate of drug-likeness (QED) is 0.501. The molecule has 0 bridgehead atoms. The molecule has 1 aliphatic heterocycles. The van der Waals surface area contributed by atoms with Gasteiger partial charge >= 0.3 is 0 Å². The summed E-state index contributed by atoms with van der Waals surface area (Å²) in [6, 6.07) is 0. The molecule has 1 rings (SSSR count). The van der Waals surface area contributed by atoms with Crippen LogP contribution in [0.3, 0.4) is 0 Å². The number of amides is 1. The van der Waals surface area contributed by atoms with Crippen molar-refractivity contribution in [3.05, 3.63) is 12.7 Å². The Hall–Kier alpha value is -0.870. The first-order valence-electron chi connectivity index (χ1n) is 7.07. The Morgan fingerprint density at radius 3 is 2.78 bits per heavy atom. The van der Waals surface area contributed by atoms with Crippen LogP contribution in [0, 0.1) is 5.92 Å². The number of carbonyl (C=O) groups is 1. The maximum Gasteiger partial charge on any atom is 0.234 e. The molecule has 0 radical (unpaired) electrons. The summed E-state index contributed by atoms with van der Waals surface area (Å²) in [6.45, 7) is 11.2. The number of piperidine rings is 1. The van der Waals surface area contributed by atoms with Crippen molar-refractivity contribution >= 4 is 5.91 Å². The van der Waals surface area contributed by atoms with Crippen LogP contribution in [0.4, 0.5) is 0 Å². The van der Waals surface area contributed by atoms with Gasteiger partial charge in [-0.1, -0.05) is 13.0 Å². The number of rotatable bonds is 8. The zero-order valence-electron chi connectivity index (χ0n) is 11.6. The molecule has 1 saturated heterocycles. The predicted molar refractivity (Wildman–Crippen MR) is 75.5 cm³/mol. The van der Waals surface area contributed by atoms with Gasteiger partial charge in [-0.2, -0.15) is 0 Å². The van der Waals surface area contributed by atoms with Crippen LogP contribution in [0.2, 0.25) is 0 Å². The van der Waals surface area contributed by atoms with Crippen LogP contribution in [-0.4, -0.2) is 50.1 Å². The Labute approximate surface area is 111 Å². The Kier molecular flexibility index (Phi) is 7.69. The summed E-state index contributed by atoms with van der Waals surface area (Å²) in [5, 5.41) is 6.30. The summed E-state index contributed by atoms with van der Waals surface area (Å²) < 4.78 is 0. The highest BCUT2D eigenvalue weighted by Gasteiger charge is 2.20. The van der Waals surface area contributed by atoms with E-state index in [1.807, 2.05) is 0 Å². The average molecular weight is 253 g/mol. The van der Waals surface area contributed by atoms with Gasteiger partial charge < -0.3 is 10.6 Å². The van der Waals surface area contributed by atoms with Gasteiger partial charge in [0.15, 0.2) is 0 Å². The minimum Gasteiger partial charge on any atom is -0.352 e. The van der Waals surface area contributed by atoms with Crippen molar-refractivity contribution in [3.8, 4) is 0 Å². The van der Waals surface area contributed by atoms with E-state index in [4.69, 9.17) is 0 Å². The number of hydrogen-bond donors (Lipinski definition) is 2. The van der Waals surface area contributed by atoms with Gasteiger partial charge in [0, 0.05) is 6.54 Å². The van der Waals surface area contributed by atoms with Gasteiger partial charge in [-0.3, -0.25) is 9.69 Å². The molecule has 1 aliphatic rings. The molecule has 104 valence electrons. The zero-order valence-corrected chi connectivity index (χ0v) is 11.6. The Morgan fingerprint density at radius 1 is 1.44 bits per heavy atom. The first-order valence-corrected chi connectivity index (χ1v) is 7.07. The fourth-order valence-corrected chi connectivity index (χ4v) is 2.28. The van der Waals surface area contributed by atoms with Crippen LogP contribution < -0.4 is 10.6 Å². The molecular formula is C14H27N3O. The molecule has 0 aromatic heterocycles. The maximum absolute atomic E-state index is 11.5. The number of likely N-dealkylation sites (tertiary alicyclic amines) is 1. The minimum atomic E-state index is 0.109. The Bertz CT molecular complexity index is 247. The fraction of sp³-hybridized carbons (Fsp3) is 0.786. The third-order valence-corrected chi connectivity index (χ3v) is 3.38. The molecule has 2 N–H and O–H groups in total. The highest BCUT2D eigenvalue weighted by molar-refractivity contribution is 5.78. The highest BCUT2D eigenvalue weighted by atomic mass is 16.2. The number of hydrogen-bond acceptors (Lipinski definition) is 3. The molecule has 0 aliphatic carbocycles. The molecular weight excluding hydrogens is 226 g/mol. The monoisotopic (exact) mass is 253 g/mol. The lowest BCUT2D eigenvalue weighted by molar-refractivity contribution is -0.122. The topological polar surface area (TPSA) is 44.4 Å². The molecule has 0 atom stereocenters. The highest BCUT2D eigenvalue weighted by Crippen LogP contribution is 2.15. The van der Waals surface area contributed by atoms with Crippen molar-refractivity contribution in [1.29, 1.82) is 0 Å². The van der Waals surface area contributed by atoms with Crippen molar-refractivity contribution in [3.63, 3.8) is 0 Å². The standard InChI is InChI=1S/C14H27N3O/c1-3-7-15-11-13-5-9-17(10-6-13)12-14(18)16-8-4-2/h4,13,15H,2-3,5-12H2,1H3,(H,16,18). The van der Waals surface area contributed by atoms with Gasteiger partial charge in [0.1, 0.15) is 0 Å². The van der Waals surface area contributed by atoms with Crippen LogP contribution in [-0.2, 0) is 4.79 Å². The third-order valence-electron chi connectivity index (χ3n) is 3.38. The van der Waals surface area contributed by atoms with Crippen LogP contribution in [0.5, 0.6) is 0 Å². The summed E-state index contributed by atoms with van der Waals surface area (Å²) in [6.07, 6.45) is 5.31. The van der Waals surface area contributed by atoms with Crippen molar-refractivity contribution < 1.29 is 4.79 Å². The lowest BCUT2D eigenvalue weighted by Crippen LogP contribution is -2.43. The van der Waals surface area contributed by atoms with Gasteiger partial charge in [-0.25, -0.2) is 0 Å². The molecule has 1 amide bonds. The van der Waals surface area contributed by atoms with Crippen LogP contribution in [0.15, 0.2) is 12.7 Å². The summed E-state index contributed by atoms with van der Waals surface area (Å²) in [5.41, 5.74) is 0. The second-order valence-corrected chi connectivity index (χ2v) is 5.02. The first-order chi connectivity index (χ1) is 8.76. The molecule has 1 heterocycles. The lowest BCUT2D eigenvalue weighted by Gasteiger charge is -2.31. The van der Waals surface area contributed by atoms with E-state index in [2.05, 4.69) is 29.0 Å². The largest absolute Gasteiger partial charge is 0.352 e. The van der Waals surface area contributed by atoms with E-state index in [0.717, 1.165) is 32.1 Å². The summed E-state index contributed by atoms with van der Waals surface area (Å²) in [7, 11) is 0. The second kappa shape index (κ2) is 9.11. The van der Waals surface area contributed by atoms with E-state index in [9.17, 15) is 4.79 Å². The van der Waals surface area contributed by atoms with E-state index in [1.54, 1.807) is 6.08 Å². The van der Waals surface area contributed by atoms with E-state index < -0.39 is 0 Å². The smallest absolute Gasteiger partial charge is 0.234 e. The van der Waals surface area contributed by atoms with E-state index in [1.165, 1.54) is 19.3 Å². The van der Waals surface area contributed by atoms with Crippen LogP contribution >= 0.6 is 0 Å². The van der Waals surface area contributed by atoms with E-state index >= 15 is 0 Å². The fourth-order valence-electron chi connectivity index (χ4n) is 2.28. The molecule has 0 spiro atoms. The van der Waals surface area contributed by atoms with E-state index in [-0.39, 0.29) is 5.91 Å². The summed E-state index contributed by atoms with van der Waals surface area (Å²) >= 11 is 0. The van der Waals surface area contributed by atoms with Gasteiger partial charge in [-0.15, -0.1) is 6.58 Å². The minimum absolute atomic E-state index is 0.109. The van der Waals surface area contributed by atoms with Crippen molar-refractivity contribution in [1.82, 2.24) is 15.5 Å². The molecule has 18 heavy (non-hydrogen) atoms. The van der Waals surface area contributed by atoms with E-state index in [0.29, 0.717) is 13.1 Å². The maximum atomic E-state index is 11.5. The first kappa shape index (κ1) is 15.2. The third kappa shape index (κ3) is 6.17. The lowest BCUT2D eigenvalue weighted by atomic mass is 9.97. The molecule has 1 fully saturated rings. The number of nitrogens with zero attached hydrogens (tertiary/aromatic N) is 1. The van der Waals surface area contributed by atoms with Crippen molar-refractivity contribution in [2.24, 2.45) is 5.92 Å². The van der Waals surface area contributed by atoms with Gasteiger partial charge in [0.2, 0.25) is 5.91 Å². The molecule has 0 aromatic rings. The van der Waals surface area contributed by atoms with Crippen molar-refractivity contribution in [2.45, 2.75) is 26.2 Å². The molecule has 4 heteroatoms. The second-order valence-electron chi connectivity index (χ2n) is 5.02. The van der Waals surface area contributed by atoms with Crippen LogP contribution in [0.1, 0.15) is 26.2 Å².